The van der Waals surface area contributed by atoms with Crippen LogP contribution in [0, 0.1) is 0 Å². The second-order valence-corrected chi connectivity index (χ2v) is 16.6. The molecule has 10 aromatic carbocycles. The van der Waals surface area contributed by atoms with E-state index < -0.39 is 0 Å². The number of hydrogen-bond acceptors (Lipinski definition) is 2. The molecule has 2 aromatic heterocycles. The van der Waals surface area contributed by atoms with Crippen LogP contribution in [0.2, 0.25) is 0 Å². The first kappa shape index (κ1) is 30.2. The molecule has 0 unspecified atom stereocenters. The third-order valence-electron chi connectivity index (χ3n) is 11.4. The quantitative estimate of drug-likeness (QED) is 0.160. The van der Waals surface area contributed by atoms with Crippen molar-refractivity contribution in [3.8, 4) is 33.4 Å². The van der Waals surface area contributed by atoms with Crippen LogP contribution in [0.4, 0.5) is 0 Å². The summed E-state index contributed by atoms with van der Waals surface area (Å²) in [7, 11) is 0. The van der Waals surface area contributed by atoms with Crippen molar-refractivity contribution in [2.24, 2.45) is 0 Å². The maximum atomic E-state index is 2.45. The summed E-state index contributed by atoms with van der Waals surface area (Å²) in [6.45, 7) is 0. The number of thiophene rings is 2. The van der Waals surface area contributed by atoms with Crippen LogP contribution >= 0.6 is 22.7 Å². The lowest BCUT2D eigenvalue weighted by molar-refractivity contribution is 1.64. The molecule has 0 fully saturated rings. The van der Waals surface area contributed by atoms with Crippen LogP contribution in [-0.4, -0.2) is 0 Å². The molecule has 0 bridgehead atoms. The SMILES string of the molecule is c1ccc(-c2ccc3cc(-c4c5ccccc5c(-c5ccc6sc7cc8cc9sc%10ccccc%10c9cc8cc7c6c5)c5ccccc45)ccc3c2)cc1. The van der Waals surface area contributed by atoms with Gasteiger partial charge in [0.2, 0.25) is 0 Å². The Morgan fingerprint density at radius 2 is 0.667 bits per heavy atom. The molecule has 2 heteroatoms. The Kier molecular flexibility index (Phi) is 6.48. The Labute approximate surface area is 319 Å². The molecule has 0 nitrogen and oxygen atoms in total. The first-order valence-electron chi connectivity index (χ1n) is 18.5. The lowest BCUT2D eigenvalue weighted by atomic mass is 9.85. The molecule has 0 saturated carbocycles. The van der Waals surface area contributed by atoms with Crippen LogP contribution in [0.1, 0.15) is 0 Å². The van der Waals surface area contributed by atoms with Gasteiger partial charge in [-0.3, -0.25) is 0 Å². The van der Waals surface area contributed by atoms with Crippen molar-refractivity contribution in [1.82, 2.24) is 0 Å². The standard InChI is InChI=1S/C52H30S2/c1-2-10-31(11-3-1)32-18-19-34-25-35(21-20-33(34)24-32)51-40-13-4-6-15-42(40)52(43-16-7-5-14-41(43)51)36-22-23-48-45(26-36)46-28-37-27-44-39-12-8-9-17-47(39)53-49(44)29-38(37)30-50(46)54-48/h1-30H. The Hall–Kier alpha value is -6.32. The predicted octanol–water partition coefficient (Wildman–Crippen LogP) is 16.0. The van der Waals surface area contributed by atoms with Gasteiger partial charge >= 0.3 is 0 Å². The van der Waals surface area contributed by atoms with E-state index in [-0.39, 0.29) is 0 Å². The van der Waals surface area contributed by atoms with Gasteiger partial charge in [0.05, 0.1) is 0 Å². The zero-order valence-electron chi connectivity index (χ0n) is 29.1. The van der Waals surface area contributed by atoms with E-state index in [1.54, 1.807) is 0 Å². The second kappa shape index (κ2) is 11.6. The highest BCUT2D eigenvalue weighted by molar-refractivity contribution is 7.26. The summed E-state index contributed by atoms with van der Waals surface area (Å²) in [5.41, 5.74) is 7.58. The topological polar surface area (TPSA) is 0 Å². The molecule has 54 heavy (non-hydrogen) atoms. The van der Waals surface area contributed by atoms with Gasteiger partial charge in [0.1, 0.15) is 0 Å². The molecule has 0 radical (unpaired) electrons. The second-order valence-electron chi connectivity index (χ2n) is 14.4. The van der Waals surface area contributed by atoms with E-state index in [1.807, 2.05) is 22.7 Å². The van der Waals surface area contributed by atoms with E-state index in [2.05, 4.69) is 182 Å². The predicted molar refractivity (Wildman–Crippen MR) is 239 cm³/mol. The summed E-state index contributed by atoms with van der Waals surface area (Å²) in [4.78, 5) is 0. The minimum absolute atomic E-state index is 1.24. The first-order valence-corrected chi connectivity index (χ1v) is 20.1. The van der Waals surface area contributed by atoms with Gasteiger partial charge in [0.15, 0.2) is 0 Å². The van der Waals surface area contributed by atoms with Gasteiger partial charge in [0.25, 0.3) is 0 Å². The summed E-state index contributed by atoms with van der Waals surface area (Å²) >= 11 is 3.79. The summed E-state index contributed by atoms with van der Waals surface area (Å²) in [5.74, 6) is 0. The van der Waals surface area contributed by atoms with Gasteiger partial charge in [-0.2, -0.15) is 0 Å². The van der Waals surface area contributed by atoms with Crippen molar-refractivity contribution in [1.29, 1.82) is 0 Å². The third kappa shape index (κ3) is 4.54. The van der Waals surface area contributed by atoms with E-state index in [1.165, 1.54) is 117 Å². The third-order valence-corrected chi connectivity index (χ3v) is 13.6. The molecule has 0 atom stereocenters. The Bertz CT molecular complexity index is 3430. The summed E-state index contributed by atoms with van der Waals surface area (Å²) < 4.78 is 5.37. The average molecular weight is 719 g/mol. The van der Waals surface area contributed by atoms with Crippen molar-refractivity contribution in [2.45, 2.75) is 0 Å². The average Bonchev–Trinajstić information content (AvgIpc) is 3.77. The Balaban J connectivity index is 1.05. The van der Waals surface area contributed by atoms with Crippen molar-refractivity contribution in [3.63, 3.8) is 0 Å². The van der Waals surface area contributed by atoms with Crippen molar-refractivity contribution in [3.05, 3.63) is 182 Å². The fourth-order valence-electron chi connectivity index (χ4n) is 8.86. The van der Waals surface area contributed by atoms with Crippen molar-refractivity contribution in [2.75, 3.05) is 0 Å². The lowest BCUT2D eigenvalue weighted by Crippen LogP contribution is -1.91. The minimum Gasteiger partial charge on any atom is -0.135 e. The van der Waals surface area contributed by atoms with Crippen LogP contribution in [0.3, 0.4) is 0 Å². The van der Waals surface area contributed by atoms with Crippen LogP contribution in [-0.2, 0) is 0 Å². The highest BCUT2D eigenvalue weighted by Gasteiger charge is 2.18. The van der Waals surface area contributed by atoms with Crippen molar-refractivity contribution >= 4 is 106 Å². The number of rotatable bonds is 3. The summed E-state index contributed by atoms with van der Waals surface area (Å²) in [5, 5.41) is 15.6. The molecule has 0 saturated heterocycles. The molecule has 2 heterocycles. The molecule has 12 rings (SSSR count). The Morgan fingerprint density at radius 1 is 0.222 bits per heavy atom. The van der Waals surface area contributed by atoms with Crippen LogP contribution in [0.25, 0.3) is 117 Å². The zero-order valence-corrected chi connectivity index (χ0v) is 30.8. The number of fused-ring (bicyclic) bond motifs is 10. The Morgan fingerprint density at radius 3 is 1.31 bits per heavy atom. The summed E-state index contributed by atoms with van der Waals surface area (Å²) in [6, 6.07) is 68.0. The van der Waals surface area contributed by atoms with Crippen LogP contribution in [0.5, 0.6) is 0 Å². The van der Waals surface area contributed by atoms with E-state index in [9.17, 15) is 0 Å². The van der Waals surface area contributed by atoms with Gasteiger partial charge in [-0.1, -0.05) is 127 Å². The van der Waals surface area contributed by atoms with E-state index in [0.717, 1.165) is 0 Å². The maximum absolute atomic E-state index is 2.45. The monoisotopic (exact) mass is 718 g/mol. The molecule has 0 aliphatic rings. The summed E-state index contributed by atoms with van der Waals surface area (Å²) in [6.07, 6.45) is 0. The van der Waals surface area contributed by atoms with Gasteiger partial charge in [-0.05, 0) is 131 Å². The molecule has 12 aromatic rings. The molecule has 0 amide bonds. The van der Waals surface area contributed by atoms with Crippen LogP contribution in [0.15, 0.2) is 182 Å². The zero-order chi connectivity index (χ0) is 35.3. The normalized spacial score (nSPS) is 12.1. The first-order chi connectivity index (χ1) is 26.7. The lowest BCUT2D eigenvalue weighted by Gasteiger charge is -2.18. The minimum atomic E-state index is 1.24. The highest BCUT2D eigenvalue weighted by Crippen LogP contribution is 2.47. The van der Waals surface area contributed by atoms with Gasteiger partial charge < -0.3 is 0 Å². The van der Waals surface area contributed by atoms with Gasteiger partial charge in [0, 0.05) is 40.3 Å². The number of hydrogen-bond donors (Lipinski definition) is 0. The molecule has 250 valence electrons. The van der Waals surface area contributed by atoms with E-state index in [4.69, 9.17) is 0 Å². The molecule has 0 N–H and O–H groups in total. The van der Waals surface area contributed by atoms with E-state index >= 15 is 0 Å². The molecule has 0 spiro atoms. The van der Waals surface area contributed by atoms with Gasteiger partial charge in [-0.15, -0.1) is 22.7 Å². The largest absolute Gasteiger partial charge is 0.135 e. The molecular formula is C52H30S2. The molecule has 0 aliphatic carbocycles. The van der Waals surface area contributed by atoms with Crippen molar-refractivity contribution < 1.29 is 0 Å². The smallest absolute Gasteiger partial charge is 0.0361 e. The highest BCUT2D eigenvalue weighted by atomic mass is 32.1. The van der Waals surface area contributed by atoms with E-state index in [0.29, 0.717) is 0 Å². The maximum Gasteiger partial charge on any atom is 0.0361 e. The molecule has 0 aliphatic heterocycles. The van der Waals surface area contributed by atoms with Gasteiger partial charge in [-0.25, -0.2) is 0 Å². The molecular weight excluding hydrogens is 689 g/mol. The fraction of sp³-hybridized carbons (Fsp3) is 0. The fourth-order valence-corrected chi connectivity index (χ4v) is 11.1. The number of benzene rings is 10. The van der Waals surface area contributed by atoms with Crippen LogP contribution < -0.4 is 0 Å².